The van der Waals surface area contributed by atoms with Crippen molar-refractivity contribution in [3.05, 3.63) is 100 Å². The summed E-state index contributed by atoms with van der Waals surface area (Å²) in [6, 6.07) is 22.3. The maximum atomic E-state index is 13.5. The number of H-pyrrole nitrogens is 1. The molecule has 0 bridgehead atoms. The molecule has 1 heterocycles. The summed E-state index contributed by atoms with van der Waals surface area (Å²) < 4.78 is 0. The second-order valence-electron chi connectivity index (χ2n) is 8.56. The van der Waals surface area contributed by atoms with Crippen molar-refractivity contribution in [1.29, 1.82) is 0 Å². The molecule has 0 fully saturated rings. The van der Waals surface area contributed by atoms with Gasteiger partial charge in [0.05, 0.1) is 17.0 Å². The highest BCUT2D eigenvalue weighted by atomic mass is 35.5. The molecule has 34 heavy (non-hydrogen) atoms. The Balaban J connectivity index is 1.59. The van der Waals surface area contributed by atoms with Gasteiger partial charge in [-0.15, -0.1) is 0 Å². The van der Waals surface area contributed by atoms with Crippen LogP contribution in [-0.2, 0) is 22.4 Å². The summed E-state index contributed by atoms with van der Waals surface area (Å²) >= 11 is 6.38. The normalized spacial score (nSPS) is 11.9. The van der Waals surface area contributed by atoms with Crippen molar-refractivity contribution in [2.75, 3.05) is 11.9 Å². The number of aromatic nitrogens is 1. The summed E-state index contributed by atoms with van der Waals surface area (Å²) in [4.78, 5) is 31.6. The minimum Gasteiger partial charge on any atom is -0.357 e. The first-order valence-electron chi connectivity index (χ1n) is 11.3. The topological polar surface area (TPSA) is 65.2 Å². The van der Waals surface area contributed by atoms with Crippen molar-refractivity contribution in [3.63, 3.8) is 0 Å². The predicted molar refractivity (Wildman–Crippen MR) is 138 cm³/mol. The van der Waals surface area contributed by atoms with E-state index in [2.05, 4.69) is 10.3 Å². The number of likely N-dealkylation sites (N-methyl/N-ethyl adjacent to an activating group) is 1. The number of rotatable bonds is 7. The van der Waals surface area contributed by atoms with E-state index in [0.717, 1.165) is 39.0 Å². The Morgan fingerprint density at radius 2 is 1.62 bits per heavy atom. The Hall–Kier alpha value is -3.57. The summed E-state index contributed by atoms with van der Waals surface area (Å²) in [5, 5.41) is 4.59. The second kappa shape index (κ2) is 10.1. The number of carbonyl (C=O) groups is 2. The average molecular weight is 474 g/mol. The molecular weight excluding hydrogens is 446 g/mol. The third-order valence-electron chi connectivity index (χ3n) is 6.16. The number of amides is 2. The summed E-state index contributed by atoms with van der Waals surface area (Å²) in [6.07, 6.45) is 0.556. The minimum absolute atomic E-state index is 0.153. The fourth-order valence-corrected chi connectivity index (χ4v) is 4.54. The molecule has 0 aliphatic carbocycles. The van der Waals surface area contributed by atoms with E-state index in [1.165, 1.54) is 0 Å². The molecule has 5 nitrogen and oxygen atoms in total. The summed E-state index contributed by atoms with van der Waals surface area (Å²) in [6.45, 7) is 3.94. The highest BCUT2D eigenvalue weighted by Gasteiger charge is 2.26. The van der Waals surface area contributed by atoms with Crippen LogP contribution in [0.15, 0.2) is 72.8 Å². The van der Waals surface area contributed by atoms with Crippen LogP contribution in [0.3, 0.4) is 0 Å². The van der Waals surface area contributed by atoms with Gasteiger partial charge in [0.15, 0.2) is 0 Å². The molecule has 4 rings (SSSR count). The zero-order valence-electron chi connectivity index (χ0n) is 19.6. The van der Waals surface area contributed by atoms with E-state index < -0.39 is 6.04 Å². The van der Waals surface area contributed by atoms with Gasteiger partial charge in [0.2, 0.25) is 11.8 Å². The second-order valence-corrected chi connectivity index (χ2v) is 8.97. The highest BCUT2D eigenvalue weighted by Crippen LogP contribution is 2.31. The van der Waals surface area contributed by atoms with Gasteiger partial charge in [-0.05, 0) is 48.7 Å². The number of hydrogen-bond acceptors (Lipinski definition) is 2. The first kappa shape index (κ1) is 23.6. The molecule has 0 saturated carbocycles. The van der Waals surface area contributed by atoms with Crippen LogP contribution in [0.2, 0.25) is 5.02 Å². The van der Waals surface area contributed by atoms with Crippen LogP contribution in [0.1, 0.15) is 22.4 Å². The van der Waals surface area contributed by atoms with E-state index in [-0.39, 0.29) is 18.2 Å². The minimum atomic E-state index is -0.699. The first-order chi connectivity index (χ1) is 16.3. The Bertz CT molecular complexity index is 1320. The molecule has 0 unspecified atom stereocenters. The molecule has 1 atom stereocenters. The Morgan fingerprint density at radius 1 is 0.971 bits per heavy atom. The lowest BCUT2D eigenvalue weighted by Gasteiger charge is -2.25. The Labute approximate surface area is 204 Å². The number of para-hydroxylation sites is 1. The number of aryl methyl sites for hydroxylation is 2. The monoisotopic (exact) mass is 473 g/mol. The molecule has 6 heteroatoms. The highest BCUT2D eigenvalue weighted by molar-refractivity contribution is 6.35. The number of fused-ring (bicyclic) bond motifs is 1. The summed E-state index contributed by atoms with van der Waals surface area (Å²) in [5.41, 5.74) is 5.43. The van der Waals surface area contributed by atoms with E-state index in [1.807, 2.05) is 86.6 Å². The van der Waals surface area contributed by atoms with E-state index in [4.69, 9.17) is 11.6 Å². The Kier molecular flexibility index (Phi) is 7.03. The first-order valence-corrected chi connectivity index (χ1v) is 11.6. The molecule has 0 aliphatic rings. The van der Waals surface area contributed by atoms with Crippen LogP contribution in [0.4, 0.5) is 5.69 Å². The lowest BCUT2D eigenvalue weighted by Crippen LogP contribution is -2.49. The van der Waals surface area contributed by atoms with Gasteiger partial charge in [-0.25, -0.2) is 0 Å². The van der Waals surface area contributed by atoms with Crippen molar-refractivity contribution in [1.82, 2.24) is 10.3 Å². The maximum absolute atomic E-state index is 13.5. The molecule has 0 saturated heterocycles. The number of hydrogen-bond donors (Lipinski definition) is 2. The van der Waals surface area contributed by atoms with Gasteiger partial charge in [0.25, 0.3) is 0 Å². The number of anilines is 1. The van der Waals surface area contributed by atoms with E-state index in [0.29, 0.717) is 11.4 Å². The van der Waals surface area contributed by atoms with Crippen molar-refractivity contribution >= 4 is 40.0 Å². The van der Waals surface area contributed by atoms with Crippen LogP contribution in [0.25, 0.3) is 10.9 Å². The third kappa shape index (κ3) is 5.00. The molecular formula is C28H28ClN3O2. The largest absolute Gasteiger partial charge is 0.357 e. The average Bonchev–Trinajstić information content (AvgIpc) is 3.18. The third-order valence-corrected chi connectivity index (χ3v) is 6.47. The summed E-state index contributed by atoms with van der Waals surface area (Å²) in [5.74, 6) is -0.377. The number of aromatic amines is 1. The van der Waals surface area contributed by atoms with Crippen molar-refractivity contribution in [3.8, 4) is 0 Å². The zero-order chi connectivity index (χ0) is 24.2. The number of carbonyl (C=O) groups excluding carboxylic acids is 2. The SMILES string of the molecule is Cc1[nH]c2c(Cl)ccc(C)c2c1CC(=O)N[C@@H](Cc1ccccc1)C(=O)N(C)c1ccccc1. The smallest absolute Gasteiger partial charge is 0.249 e. The molecule has 4 aromatic rings. The fourth-order valence-electron chi connectivity index (χ4n) is 4.33. The molecule has 174 valence electrons. The van der Waals surface area contributed by atoms with Gasteiger partial charge in [-0.2, -0.15) is 0 Å². The number of nitrogens with zero attached hydrogens (tertiary/aromatic N) is 1. The van der Waals surface area contributed by atoms with Crippen LogP contribution in [0.5, 0.6) is 0 Å². The number of benzene rings is 3. The molecule has 2 amide bonds. The lowest BCUT2D eigenvalue weighted by atomic mass is 10.0. The molecule has 0 spiro atoms. The van der Waals surface area contributed by atoms with Gasteiger partial charge in [-0.1, -0.05) is 66.2 Å². The molecule has 0 aliphatic heterocycles. The standard InChI is InChI=1S/C28H28ClN3O2/c1-18-14-15-23(29)27-26(18)22(19(2)30-27)17-25(33)31-24(16-20-10-6-4-7-11-20)28(34)32(3)21-12-8-5-9-13-21/h4-15,24,30H,16-17H2,1-3H3,(H,31,33)/t24-/m0/s1. The number of nitrogens with one attached hydrogen (secondary N) is 2. The summed E-state index contributed by atoms with van der Waals surface area (Å²) in [7, 11) is 1.73. The Morgan fingerprint density at radius 3 is 2.29 bits per heavy atom. The van der Waals surface area contributed by atoms with E-state index >= 15 is 0 Å². The van der Waals surface area contributed by atoms with Gasteiger partial charge in [0.1, 0.15) is 6.04 Å². The van der Waals surface area contributed by atoms with Gasteiger partial charge >= 0.3 is 0 Å². The molecule has 1 aromatic heterocycles. The van der Waals surface area contributed by atoms with Crippen LogP contribution < -0.4 is 10.2 Å². The van der Waals surface area contributed by atoms with Crippen molar-refractivity contribution in [2.45, 2.75) is 32.7 Å². The number of halogens is 1. The van der Waals surface area contributed by atoms with Gasteiger partial charge < -0.3 is 15.2 Å². The maximum Gasteiger partial charge on any atom is 0.249 e. The molecule has 2 N–H and O–H groups in total. The van der Waals surface area contributed by atoms with Crippen molar-refractivity contribution < 1.29 is 9.59 Å². The van der Waals surface area contributed by atoms with Crippen LogP contribution >= 0.6 is 11.6 Å². The zero-order valence-corrected chi connectivity index (χ0v) is 20.3. The van der Waals surface area contributed by atoms with E-state index in [9.17, 15) is 9.59 Å². The van der Waals surface area contributed by atoms with Crippen molar-refractivity contribution in [2.24, 2.45) is 0 Å². The van der Waals surface area contributed by atoms with Gasteiger partial charge in [-0.3, -0.25) is 9.59 Å². The van der Waals surface area contributed by atoms with Crippen LogP contribution in [0, 0.1) is 13.8 Å². The molecule has 0 radical (unpaired) electrons. The lowest BCUT2D eigenvalue weighted by molar-refractivity contribution is -0.127. The van der Waals surface area contributed by atoms with Crippen LogP contribution in [-0.4, -0.2) is 29.9 Å². The quantitative estimate of drug-likeness (QED) is 0.379. The van der Waals surface area contributed by atoms with E-state index in [1.54, 1.807) is 11.9 Å². The fraction of sp³-hybridized carbons (Fsp3) is 0.214. The van der Waals surface area contributed by atoms with Gasteiger partial charge in [0, 0.05) is 30.2 Å². The predicted octanol–water partition coefficient (Wildman–Crippen LogP) is 5.37. The molecule has 3 aromatic carbocycles.